The Kier molecular flexibility index (Phi) is 4.39. The number of rotatable bonds is 4. The molecule has 15 heavy (non-hydrogen) atoms. The van der Waals surface area contributed by atoms with Crippen LogP contribution in [-0.2, 0) is 16.0 Å². The molecule has 0 unspecified atom stereocenters. The van der Waals surface area contributed by atoms with Gasteiger partial charge in [0.15, 0.2) is 6.10 Å². The number of ether oxygens (including phenoxy) is 1. The molecular formula is C10H10Cl2O3. The number of carbonyl (C=O) groups is 1. The van der Waals surface area contributed by atoms with Crippen molar-refractivity contribution in [1.29, 1.82) is 0 Å². The molecule has 0 spiro atoms. The fourth-order valence-corrected chi connectivity index (χ4v) is 1.79. The molecule has 0 bridgehead atoms. The van der Waals surface area contributed by atoms with E-state index in [1.165, 1.54) is 7.11 Å². The van der Waals surface area contributed by atoms with Crippen molar-refractivity contribution < 1.29 is 14.6 Å². The van der Waals surface area contributed by atoms with Gasteiger partial charge in [0, 0.05) is 23.6 Å². The molecule has 1 aromatic carbocycles. The van der Waals surface area contributed by atoms with E-state index in [1.54, 1.807) is 18.2 Å². The van der Waals surface area contributed by atoms with Gasteiger partial charge in [0.1, 0.15) is 0 Å². The number of halogens is 2. The second-order valence-corrected chi connectivity index (χ2v) is 3.92. The predicted molar refractivity (Wildman–Crippen MR) is 58.6 cm³/mol. The lowest BCUT2D eigenvalue weighted by Crippen LogP contribution is -2.24. The van der Waals surface area contributed by atoms with Crippen molar-refractivity contribution in [2.24, 2.45) is 0 Å². The van der Waals surface area contributed by atoms with Gasteiger partial charge in [-0.15, -0.1) is 0 Å². The average Bonchev–Trinajstić information content (AvgIpc) is 2.12. The van der Waals surface area contributed by atoms with Crippen LogP contribution in [0, 0.1) is 0 Å². The van der Waals surface area contributed by atoms with Gasteiger partial charge in [-0.05, 0) is 23.8 Å². The highest BCUT2D eigenvalue weighted by Gasteiger charge is 2.17. The predicted octanol–water partition coefficient (Wildman–Crippen LogP) is 2.64. The van der Waals surface area contributed by atoms with Crippen molar-refractivity contribution in [2.75, 3.05) is 7.11 Å². The Morgan fingerprint density at radius 3 is 2.33 bits per heavy atom. The molecule has 0 aliphatic heterocycles. The van der Waals surface area contributed by atoms with Crippen LogP contribution in [0.5, 0.6) is 0 Å². The van der Waals surface area contributed by atoms with Gasteiger partial charge in [0.05, 0.1) is 0 Å². The van der Waals surface area contributed by atoms with Gasteiger partial charge in [-0.3, -0.25) is 0 Å². The third-order valence-electron chi connectivity index (χ3n) is 1.90. The monoisotopic (exact) mass is 248 g/mol. The van der Waals surface area contributed by atoms with E-state index in [0.717, 1.165) is 5.56 Å². The second kappa shape index (κ2) is 5.35. The molecule has 3 nitrogen and oxygen atoms in total. The lowest BCUT2D eigenvalue weighted by Gasteiger charge is -2.10. The Labute approximate surface area is 97.6 Å². The van der Waals surface area contributed by atoms with Crippen molar-refractivity contribution >= 4 is 29.2 Å². The maximum atomic E-state index is 10.7. The molecule has 0 aliphatic carbocycles. The number of hydrogen-bond donors (Lipinski definition) is 1. The summed E-state index contributed by atoms with van der Waals surface area (Å²) in [5.74, 6) is -1.01. The van der Waals surface area contributed by atoms with Crippen LogP contribution in [0.15, 0.2) is 18.2 Å². The highest BCUT2D eigenvalue weighted by Crippen LogP contribution is 2.20. The zero-order chi connectivity index (χ0) is 11.4. The lowest BCUT2D eigenvalue weighted by molar-refractivity contribution is -0.148. The van der Waals surface area contributed by atoms with Crippen LogP contribution in [0.3, 0.4) is 0 Å². The molecule has 82 valence electrons. The molecule has 0 radical (unpaired) electrons. The average molecular weight is 249 g/mol. The first-order valence-corrected chi connectivity index (χ1v) is 4.99. The van der Waals surface area contributed by atoms with Crippen LogP contribution in [0.25, 0.3) is 0 Å². The van der Waals surface area contributed by atoms with Crippen molar-refractivity contribution in [3.63, 3.8) is 0 Å². The molecule has 0 fully saturated rings. The Bertz CT molecular complexity index is 345. The van der Waals surface area contributed by atoms with E-state index >= 15 is 0 Å². The number of methoxy groups -OCH3 is 1. The molecule has 1 rings (SSSR count). The first kappa shape index (κ1) is 12.3. The van der Waals surface area contributed by atoms with Gasteiger partial charge in [-0.1, -0.05) is 23.2 Å². The molecule has 1 aromatic rings. The summed E-state index contributed by atoms with van der Waals surface area (Å²) < 4.78 is 4.81. The third kappa shape index (κ3) is 3.70. The third-order valence-corrected chi connectivity index (χ3v) is 2.34. The van der Waals surface area contributed by atoms with Gasteiger partial charge in [-0.2, -0.15) is 0 Å². The van der Waals surface area contributed by atoms with E-state index < -0.39 is 12.1 Å². The maximum absolute atomic E-state index is 10.7. The summed E-state index contributed by atoms with van der Waals surface area (Å²) in [4.78, 5) is 10.7. The molecular weight excluding hydrogens is 239 g/mol. The van der Waals surface area contributed by atoms with E-state index in [-0.39, 0.29) is 6.42 Å². The number of carboxylic acids is 1. The summed E-state index contributed by atoms with van der Waals surface area (Å²) in [5.41, 5.74) is 0.738. The fraction of sp³-hybridized carbons (Fsp3) is 0.300. The van der Waals surface area contributed by atoms with Crippen LogP contribution in [0.1, 0.15) is 5.56 Å². The van der Waals surface area contributed by atoms with E-state index in [0.29, 0.717) is 10.0 Å². The molecule has 0 amide bonds. The van der Waals surface area contributed by atoms with Gasteiger partial charge >= 0.3 is 5.97 Å². The van der Waals surface area contributed by atoms with Gasteiger partial charge in [-0.25, -0.2) is 4.79 Å². The Hall–Kier alpha value is -0.770. The highest BCUT2D eigenvalue weighted by atomic mass is 35.5. The van der Waals surface area contributed by atoms with Crippen LogP contribution in [0.4, 0.5) is 0 Å². The van der Waals surface area contributed by atoms with Crippen molar-refractivity contribution in [2.45, 2.75) is 12.5 Å². The Balaban J connectivity index is 2.83. The number of aliphatic carboxylic acids is 1. The second-order valence-electron chi connectivity index (χ2n) is 3.04. The summed E-state index contributed by atoms with van der Waals surface area (Å²) in [6.07, 6.45) is -0.633. The van der Waals surface area contributed by atoms with Crippen LogP contribution in [0.2, 0.25) is 10.0 Å². The molecule has 5 heteroatoms. The lowest BCUT2D eigenvalue weighted by atomic mass is 10.1. The molecule has 0 heterocycles. The number of hydrogen-bond acceptors (Lipinski definition) is 2. The zero-order valence-electron chi connectivity index (χ0n) is 8.04. The van der Waals surface area contributed by atoms with Crippen molar-refractivity contribution in [3.05, 3.63) is 33.8 Å². The van der Waals surface area contributed by atoms with Crippen molar-refractivity contribution in [1.82, 2.24) is 0 Å². The molecule has 0 saturated heterocycles. The van der Waals surface area contributed by atoms with Crippen LogP contribution in [-0.4, -0.2) is 24.3 Å². The maximum Gasteiger partial charge on any atom is 0.333 e. The first-order valence-electron chi connectivity index (χ1n) is 4.23. The van der Waals surface area contributed by atoms with E-state index in [1.807, 2.05) is 0 Å². The highest BCUT2D eigenvalue weighted by molar-refractivity contribution is 6.34. The largest absolute Gasteiger partial charge is 0.479 e. The normalized spacial score (nSPS) is 12.5. The summed E-state index contributed by atoms with van der Waals surface area (Å²) in [6.45, 7) is 0. The van der Waals surface area contributed by atoms with Crippen LogP contribution < -0.4 is 0 Å². The molecule has 1 atom stereocenters. The number of carboxylic acid groups (broad SMARTS) is 1. The van der Waals surface area contributed by atoms with Gasteiger partial charge < -0.3 is 9.84 Å². The summed E-state index contributed by atoms with van der Waals surface area (Å²) >= 11 is 11.6. The Morgan fingerprint density at radius 2 is 1.93 bits per heavy atom. The SMILES string of the molecule is CO[C@H](Cc1cc(Cl)cc(Cl)c1)C(=O)O. The number of benzene rings is 1. The van der Waals surface area contributed by atoms with E-state index in [9.17, 15) is 4.79 Å². The van der Waals surface area contributed by atoms with Crippen LogP contribution >= 0.6 is 23.2 Å². The summed E-state index contributed by atoms with van der Waals surface area (Å²) in [6, 6.07) is 4.93. The van der Waals surface area contributed by atoms with Gasteiger partial charge in [0.25, 0.3) is 0 Å². The minimum absolute atomic E-state index is 0.242. The standard InChI is InChI=1S/C10H10Cl2O3/c1-15-9(10(13)14)4-6-2-7(11)5-8(12)3-6/h2-3,5,9H,4H2,1H3,(H,13,14)/t9-/m1/s1. The topological polar surface area (TPSA) is 46.5 Å². The quantitative estimate of drug-likeness (QED) is 0.892. The first-order chi connectivity index (χ1) is 7.02. The summed E-state index contributed by atoms with van der Waals surface area (Å²) in [7, 11) is 1.35. The summed E-state index contributed by atoms with van der Waals surface area (Å²) in [5, 5.41) is 9.75. The molecule has 0 saturated carbocycles. The molecule has 1 N–H and O–H groups in total. The minimum Gasteiger partial charge on any atom is -0.479 e. The van der Waals surface area contributed by atoms with Gasteiger partial charge in [0.2, 0.25) is 0 Å². The Morgan fingerprint density at radius 1 is 1.40 bits per heavy atom. The van der Waals surface area contributed by atoms with E-state index in [4.69, 9.17) is 33.0 Å². The zero-order valence-corrected chi connectivity index (χ0v) is 9.55. The fourth-order valence-electron chi connectivity index (χ4n) is 1.21. The van der Waals surface area contributed by atoms with E-state index in [2.05, 4.69) is 0 Å². The minimum atomic E-state index is -1.01. The molecule has 0 aliphatic rings. The molecule has 0 aromatic heterocycles. The van der Waals surface area contributed by atoms with Crippen molar-refractivity contribution in [3.8, 4) is 0 Å². The smallest absolute Gasteiger partial charge is 0.333 e.